The fraction of sp³-hybridized carbons (Fsp3) is 0.429. The minimum Gasteiger partial charge on any atom is -0.480 e. The van der Waals surface area contributed by atoms with E-state index >= 15 is 0 Å². The molecule has 1 amide bonds. The van der Waals surface area contributed by atoms with Crippen molar-refractivity contribution in [2.75, 3.05) is 5.88 Å². The molecule has 0 spiro atoms. The van der Waals surface area contributed by atoms with Crippen molar-refractivity contribution < 1.29 is 19.4 Å². The van der Waals surface area contributed by atoms with Crippen molar-refractivity contribution in [3.05, 3.63) is 35.9 Å². The lowest BCUT2D eigenvalue weighted by molar-refractivity contribution is -0.142. The number of ether oxygens (including phenoxy) is 1. The van der Waals surface area contributed by atoms with E-state index in [4.69, 9.17) is 4.74 Å². The average molecular weight is 295 g/mol. The molecule has 1 aliphatic rings. The van der Waals surface area contributed by atoms with E-state index in [2.05, 4.69) is 0 Å². The zero-order chi connectivity index (χ0) is 14.8. The summed E-state index contributed by atoms with van der Waals surface area (Å²) in [5.74, 6) is -0.672. The van der Waals surface area contributed by atoms with Crippen molar-refractivity contribution in [3.8, 4) is 0 Å². The lowest BCUT2D eigenvalue weighted by Crippen LogP contribution is -2.48. The van der Waals surface area contributed by atoms with Crippen molar-refractivity contribution in [3.63, 3.8) is 0 Å². The number of thioether (sulfide) groups is 1. The van der Waals surface area contributed by atoms with Crippen LogP contribution in [0.15, 0.2) is 30.3 Å². The molecule has 0 aromatic heterocycles. The second-order valence-electron chi connectivity index (χ2n) is 5.13. The SMILES string of the molecule is CC1(C)SCN(C(=O)OCc2ccccc2)[C@H]1C(=O)O. The summed E-state index contributed by atoms with van der Waals surface area (Å²) in [5, 5.41) is 9.29. The second kappa shape index (κ2) is 5.75. The van der Waals surface area contributed by atoms with Gasteiger partial charge in [0.1, 0.15) is 12.6 Å². The van der Waals surface area contributed by atoms with E-state index in [0.29, 0.717) is 5.88 Å². The van der Waals surface area contributed by atoms with Crippen LogP contribution in [0, 0.1) is 0 Å². The number of amides is 1. The number of nitrogens with zero attached hydrogens (tertiary/aromatic N) is 1. The van der Waals surface area contributed by atoms with Crippen LogP contribution in [0.2, 0.25) is 0 Å². The maximum absolute atomic E-state index is 12.0. The summed E-state index contributed by atoms with van der Waals surface area (Å²) in [6, 6.07) is 8.44. The van der Waals surface area contributed by atoms with E-state index in [1.54, 1.807) is 0 Å². The first-order chi connectivity index (χ1) is 9.42. The summed E-state index contributed by atoms with van der Waals surface area (Å²) in [5.41, 5.74) is 0.874. The van der Waals surface area contributed by atoms with E-state index in [-0.39, 0.29) is 6.61 Å². The third kappa shape index (κ3) is 3.07. The molecule has 6 heteroatoms. The summed E-state index contributed by atoms with van der Waals surface area (Å²) in [7, 11) is 0. The number of benzene rings is 1. The molecule has 20 heavy (non-hydrogen) atoms. The van der Waals surface area contributed by atoms with Crippen molar-refractivity contribution in [2.24, 2.45) is 0 Å². The first-order valence-corrected chi connectivity index (χ1v) is 7.24. The van der Waals surface area contributed by atoms with Crippen molar-refractivity contribution in [1.29, 1.82) is 0 Å². The van der Waals surface area contributed by atoms with Crippen LogP contribution in [-0.2, 0) is 16.1 Å². The van der Waals surface area contributed by atoms with E-state index in [1.165, 1.54) is 16.7 Å². The minimum absolute atomic E-state index is 0.146. The Labute approximate surface area is 121 Å². The van der Waals surface area contributed by atoms with Gasteiger partial charge < -0.3 is 9.84 Å². The highest BCUT2D eigenvalue weighted by molar-refractivity contribution is 8.00. The van der Waals surface area contributed by atoms with Crippen LogP contribution >= 0.6 is 11.8 Å². The Bertz CT molecular complexity index is 503. The normalized spacial score (nSPS) is 20.7. The Hall–Kier alpha value is -1.69. The molecule has 0 bridgehead atoms. The van der Waals surface area contributed by atoms with Gasteiger partial charge in [-0.3, -0.25) is 4.90 Å². The maximum Gasteiger partial charge on any atom is 0.411 e. The van der Waals surface area contributed by atoms with Crippen LogP contribution in [0.4, 0.5) is 4.79 Å². The van der Waals surface area contributed by atoms with Crippen molar-refractivity contribution >= 4 is 23.8 Å². The number of carbonyl (C=O) groups is 2. The number of carbonyl (C=O) groups excluding carboxylic acids is 1. The first kappa shape index (κ1) is 14.7. The molecule has 0 unspecified atom stereocenters. The molecule has 0 radical (unpaired) electrons. The molecule has 1 saturated heterocycles. The van der Waals surface area contributed by atoms with Crippen molar-refractivity contribution in [2.45, 2.75) is 31.2 Å². The number of hydrogen-bond donors (Lipinski definition) is 1. The van der Waals surface area contributed by atoms with Gasteiger partial charge in [0.2, 0.25) is 0 Å². The van der Waals surface area contributed by atoms with Gasteiger partial charge in [-0.25, -0.2) is 9.59 Å². The average Bonchev–Trinajstić information content (AvgIpc) is 2.73. The molecule has 1 aromatic rings. The highest BCUT2D eigenvalue weighted by atomic mass is 32.2. The smallest absolute Gasteiger partial charge is 0.411 e. The predicted molar refractivity (Wildman–Crippen MR) is 76.4 cm³/mol. The van der Waals surface area contributed by atoms with Gasteiger partial charge in [0.25, 0.3) is 0 Å². The molecule has 1 fully saturated rings. The molecular formula is C14H17NO4S. The third-order valence-electron chi connectivity index (χ3n) is 3.22. The summed E-state index contributed by atoms with van der Waals surface area (Å²) in [4.78, 5) is 24.7. The maximum atomic E-state index is 12.0. The van der Waals surface area contributed by atoms with Gasteiger partial charge >= 0.3 is 12.1 Å². The van der Waals surface area contributed by atoms with Gasteiger partial charge in [-0.15, -0.1) is 11.8 Å². The zero-order valence-corrected chi connectivity index (χ0v) is 12.2. The summed E-state index contributed by atoms with van der Waals surface area (Å²) in [6.07, 6.45) is -0.584. The number of carboxylic acid groups (broad SMARTS) is 1. The Morgan fingerprint density at radius 1 is 1.40 bits per heavy atom. The fourth-order valence-corrected chi connectivity index (χ4v) is 3.27. The summed E-state index contributed by atoms with van der Waals surface area (Å²) >= 11 is 1.44. The number of aliphatic carboxylic acids is 1. The predicted octanol–water partition coefficient (Wildman–Crippen LogP) is 2.56. The molecule has 5 nitrogen and oxygen atoms in total. The van der Waals surface area contributed by atoms with Gasteiger partial charge in [-0.1, -0.05) is 30.3 Å². The standard InChI is InChI=1S/C14H17NO4S/c1-14(2)11(12(16)17)15(9-20-14)13(18)19-8-10-6-4-3-5-7-10/h3-7,11H,8-9H2,1-2H3,(H,16,17)/t11-/m0/s1. The minimum atomic E-state index is -1.00. The Morgan fingerprint density at radius 2 is 2.05 bits per heavy atom. The van der Waals surface area contributed by atoms with Crippen LogP contribution in [0.5, 0.6) is 0 Å². The Kier molecular flexibility index (Phi) is 4.23. The molecule has 0 saturated carbocycles. The lowest BCUT2D eigenvalue weighted by atomic mass is 10.0. The van der Waals surface area contributed by atoms with E-state index < -0.39 is 22.9 Å². The molecule has 1 atom stereocenters. The van der Waals surface area contributed by atoms with Gasteiger partial charge in [0.05, 0.1) is 5.88 Å². The monoisotopic (exact) mass is 295 g/mol. The third-order valence-corrected chi connectivity index (χ3v) is 4.59. The Balaban J connectivity index is 2.00. The Morgan fingerprint density at radius 3 is 2.65 bits per heavy atom. The number of rotatable bonds is 3. The summed E-state index contributed by atoms with van der Waals surface area (Å²) < 4.78 is 4.68. The van der Waals surface area contributed by atoms with Gasteiger partial charge in [0.15, 0.2) is 0 Å². The molecule has 1 N–H and O–H groups in total. The van der Waals surface area contributed by atoms with Crippen LogP contribution in [0.1, 0.15) is 19.4 Å². The molecular weight excluding hydrogens is 278 g/mol. The lowest BCUT2D eigenvalue weighted by Gasteiger charge is -2.27. The van der Waals surface area contributed by atoms with Gasteiger partial charge in [-0.05, 0) is 19.4 Å². The highest BCUT2D eigenvalue weighted by Gasteiger charge is 2.48. The van der Waals surface area contributed by atoms with Gasteiger partial charge in [-0.2, -0.15) is 0 Å². The molecule has 1 aliphatic heterocycles. The van der Waals surface area contributed by atoms with E-state index in [1.807, 2.05) is 44.2 Å². The largest absolute Gasteiger partial charge is 0.480 e. The number of carboxylic acids is 1. The molecule has 2 rings (SSSR count). The van der Waals surface area contributed by atoms with E-state index in [0.717, 1.165) is 5.56 Å². The second-order valence-corrected chi connectivity index (χ2v) is 6.73. The van der Waals surface area contributed by atoms with Crippen LogP contribution in [0.3, 0.4) is 0 Å². The van der Waals surface area contributed by atoms with Crippen LogP contribution in [0.25, 0.3) is 0 Å². The van der Waals surface area contributed by atoms with Crippen LogP contribution in [-0.4, -0.2) is 38.7 Å². The molecule has 1 heterocycles. The molecule has 1 aromatic carbocycles. The number of hydrogen-bond acceptors (Lipinski definition) is 4. The molecule has 0 aliphatic carbocycles. The topological polar surface area (TPSA) is 66.8 Å². The quantitative estimate of drug-likeness (QED) is 0.928. The highest BCUT2D eigenvalue weighted by Crippen LogP contribution is 2.39. The molecule has 108 valence electrons. The first-order valence-electron chi connectivity index (χ1n) is 6.26. The van der Waals surface area contributed by atoms with Crippen LogP contribution < -0.4 is 0 Å². The van der Waals surface area contributed by atoms with Gasteiger partial charge in [0, 0.05) is 4.75 Å². The van der Waals surface area contributed by atoms with E-state index in [9.17, 15) is 14.7 Å². The summed E-state index contributed by atoms with van der Waals surface area (Å²) in [6.45, 7) is 3.79. The van der Waals surface area contributed by atoms with Crippen molar-refractivity contribution in [1.82, 2.24) is 4.90 Å². The zero-order valence-electron chi connectivity index (χ0n) is 11.4. The fourth-order valence-electron chi connectivity index (χ4n) is 2.16.